The zero-order valence-electron chi connectivity index (χ0n) is 17.3. The molecule has 2 aromatic rings. The molecule has 9 nitrogen and oxygen atoms in total. The molecule has 2 aliphatic heterocycles. The van der Waals surface area contributed by atoms with Gasteiger partial charge in [0.25, 0.3) is 5.91 Å². The quantitative estimate of drug-likeness (QED) is 0.678. The van der Waals surface area contributed by atoms with Gasteiger partial charge in [-0.05, 0) is 24.6 Å². The zero-order chi connectivity index (χ0) is 21.8. The molecule has 0 bridgehead atoms. The lowest BCUT2D eigenvalue weighted by Crippen LogP contribution is -2.50. The van der Waals surface area contributed by atoms with E-state index in [1.165, 1.54) is 0 Å². The SMILES string of the molecule is COc1cccc(N2CCN(C(=O)CCC3(c4cccnc4)NC(=O)NC3=O)CC2)c1. The number of benzene rings is 1. The van der Waals surface area contributed by atoms with E-state index < -0.39 is 17.5 Å². The van der Waals surface area contributed by atoms with Crippen molar-refractivity contribution in [2.75, 3.05) is 38.2 Å². The number of carbonyl (C=O) groups excluding carboxylic acids is 3. The molecule has 2 aliphatic rings. The minimum absolute atomic E-state index is 0.0393. The minimum Gasteiger partial charge on any atom is -0.497 e. The van der Waals surface area contributed by atoms with Gasteiger partial charge in [-0.2, -0.15) is 0 Å². The second-order valence-corrected chi connectivity index (χ2v) is 7.62. The number of amides is 4. The molecule has 3 heterocycles. The van der Waals surface area contributed by atoms with Crippen molar-refractivity contribution >= 4 is 23.5 Å². The maximum Gasteiger partial charge on any atom is 0.322 e. The number of piperazine rings is 1. The van der Waals surface area contributed by atoms with E-state index in [0.29, 0.717) is 31.7 Å². The molecule has 0 spiro atoms. The zero-order valence-corrected chi connectivity index (χ0v) is 17.3. The predicted octanol–water partition coefficient (Wildman–Crippen LogP) is 1.25. The van der Waals surface area contributed by atoms with Crippen LogP contribution in [0, 0.1) is 0 Å². The van der Waals surface area contributed by atoms with Crippen LogP contribution in [0.1, 0.15) is 18.4 Å². The molecule has 1 unspecified atom stereocenters. The Bertz CT molecular complexity index is 975. The first-order chi connectivity index (χ1) is 15.0. The molecule has 1 aromatic heterocycles. The molecule has 1 atom stereocenters. The molecule has 0 aliphatic carbocycles. The first kappa shape index (κ1) is 20.6. The van der Waals surface area contributed by atoms with Gasteiger partial charge >= 0.3 is 6.03 Å². The number of nitrogens with zero attached hydrogens (tertiary/aromatic N) is 3. The Morgan fingerprint density at radius 2 is 1.97 bits per heavy atom. The number of aromatic nitrogens is 1. The number of hydrogen-bond acceptors (Lipinski definition) is 6. The molecule has 2 saturated heterocycles. The molecule has 1 aromatic carbocycles. The average molecular weight is 423 g/mol. The smallest absolute Gasteiger partial charge is 0.322 e. The number of anilines is 1. The lowest BCUT2D eigenvalue weighted by atomic mass is 9.86. The molecular weight excluding hydrogens is 398 g/mol. The van der Waals surface area contributed by atoms with Crippen molar-refractivity contribution < 1.29 is 19.1 Å². The number of urea groups is 1. The Balaban J connectivity index is 1.38. The van der Waals surface area contributed by atoms with Gasteiger partial charge in [-0.15, -0.1) is 0 Å². The van der Waals surface area contributed by atoms with E-state index >= 15 is 0 Å². The maximum absolute atomic E-state index is 12.9. The van der Waals surface area contributed by atoms with E-state index in [4.69, 9.17) is 4.74 Å². The van der Waals surface area contributed by atoms with Crippen molar-refractivity contribution in [3.63, 3.8) is 0 Å². The number of hydrogen-bond donors (Lipinski definition) is 2. The number of carbonyl (C=O) groups is 3. The lowest BCUT2D eigenvalue weighted by molar-refractivity contribution is -0.132. The molecule has 9 heteroatoms. The number of methoxy groups -OCH3 is 1. The van der Waals surface area contributed by atoms with Crippen molar-refractivity contribution in [3.05, 3.63) is 54.4 Å². The number of nitrogens with one attached hydrogen (secondary N) is 2. The Morgan fingerprint density at radius 1 is 1.16 bits per heavy atom. The van der Waals surface area contributed by atoms with Gasteiger partial charge in [-0.1, -0.05) is 12.1 Å². The fraction of sp³-hybridized carbons (Fsp3) is 0.364. The highest BCUT2D eigenvalue weighted by Crippen LogP contribution is 2.30. The van der Waals surface area contributed by atoms with Gasteiger partial charge in [0, 0.05) is 62.3 Å². The standard InChI is InChI=1S/C22H25N5O4/c1-31-18-6-2-5-17(14-18)26-10-12-27(13-11-26)19(28)7-8-22(16-4-3-9-23-15-16)20(29)24-21(30)25-22/h2-6,9,14-15H,7-8,10-13H2,1H3,(H2,24,25,29,30). The summed E-state index contributed by atoms with van der Waals surface area (Å²) in [7, 11) is 1.64. The summed E-state index contributed by atoms with van der Waals surface area (Å²) in [6.45, 7) is 2.61. The maximum atomic E-state index is 12.9. The molecule has 4 amide bonds. The van der Waals surface area contributed by atoms with Crippen LogP contribution >= 0.6 is 0 Å². The highest BCUT2D eigenvalue weighted by Gasteiger charge is 2.48. The van der Waals surface area contributed by atoms with E-state index in [2.05, 4.69) is 20.5 Å². The summed E-state index contributed by atoms with van der Waals surface area (Å²) >= 11 is 0. The normalized spacial score (nSPS) is 20.9. The Morgan fingerprint density at radius 3 is 2.61 bits per heavy atom. The largest absolute Gasteiger partial charge is 0.497 e. The van der Waals surface area contributed by atoms with Gasteiger partial charge in [0.15, 0.2) is 0 Å². The summed E-state index contributed by atoms with van der Waals surface area (Å²) < 4.78 is 5.29. The first-order valence-electron chi connectivity index (χ1n) is 10.2. The van der Waals surface area contributed by atoms with Crippen molar-refractivity contribution in [1.29, 1.82) is 0 Å². The third-order valence-electron chi connectivity index (χ3n) is 5.86. The third-order valence-corrected chi connectivity index (χ3v) is 5.86. The van der Waals surface area contributed by atoms with Crippen LogP contribution in [0.5, 0.6) is 5.75 Å². The van der Waals surface area contributed by atoms with E-state index in [-0.39, 0.29) is 18.7 Å². The highest BCUT2D eigenvalue weighted by atomic mass is 16.5. The molecule has 162 valence electrons. The van der Waals surface area contributed by atoms with Crippen LogP contribution in [0.4, 0.5) is 10.5 Å². The molecule has 0 saturated carbocycles. The fourth-order valence-corrected chi connectivity index (χ4v) is 4.10. The van der Waals surface area contributed by atoms with E-state index in [9.17, 15) is 14.4 Å². The van der Waals surface area contributed by atoms with Gasteiger partial charge in [-0.25, -0.2) is 4.79 Å². The van der Waals surface area contributed by atoms with E-state index in [1.807, 2.05) is 29.2 Å². The Kier molecular flexibility index (Phi) is 5.75. The summed E-state index contributed by atoms with van der Waals surface area (Å²) in [6, 6.07) is 10.7. The molecule has 31 heavy (non-hydrogen) atoms. The summed E-state index contributed by atoms with van der Waals surface area (Å²) in [6.07, 6.45) is 3.45. The topological polar surface area (TPSA) is 104 Å². The van der Waals surface area contributed by atoms with Gasteiger partial charge in [0.2, 0.25) is 5.91 Å². The number of imide groups is 1. The van der Waals surface area contributed by atoms with Crippen LogP contribution in [0.3, 0.4) is 0 Å². The number of rotatable bonds is 6. The van der Waals surface area contributed by atoms with Crippen molar-refractivity contribution in [2.24, 2.45) is 0 Å². The van der Waals surface area contributed by atoms with Gasteiger partial charge < -0.3 is 19.9 Å². The van der Waals surface area contributed by atoms with Crippen molar-refractivity contribution in [2.45, 2.75) is 18.4 Å². The van der Waals surface area contributed by atoms with Crippen LogP contribution in [0.25, 0.3) is 0 Å². The van der Waals surface area contributed by atoms with Gasteiger partial charge in [-0.3, -0.25) is 19.9 Å². The van der Waals surface area contributed by atoms with Crippen LogP contribution in [0.2, 0.25) is 0 Å². The Hall–Kier alpha value is -3.62. The van der Waals surface area contributed by atoms with E-state index in [1.54, 1.807) is 31.6 Å². The van der Waals surface area contributed by atoms with Gasteiger partial charge in [0.1, 0.15) is 11.3 Å². The molecule has 0 radical (unpaired) electrons. The van der Waals surface area contributed by atoms with Gasteiger partial charge in [0.05, 0.1) is 7.11 Å². The number of ether oxygens (including phenoxy) is 1. The van der Waals surface area contributed by atoms with Crippen molar-refractivity contribution in [3.8, 4) is 5.75 Å². The number of pyridine rings is 1. The molecule has 2 N–H and O–H groups in total. The minimum atomic E-state index is -1.27. The van der Waals surface area contributed by atoms with Crippen LogP contribution in [-0.2, 0) is 15.1 Å². The summed E-state index contributed by atoms with van der Waals surface area (Å²) in [5, 5.41) is 4.98. The van der Waals surface area contributed by atoms with Crippen LogP contribution in [-0.4, -0.2) is 61.0 Å². The monoisotopic (exact) mass is 423 g/mol. The summed E-state index contributed by atoms with van der Waals surface area (Å²) in [5.74, 6) is 0.303. The van der Waals surface area contributed by atoms with E-state index in [0.717, 1.165) is 11.4 Å². The fourth-order valence-electron chi connectivity index (χ4n) is 4.10. The average Bonchev–Trinajstić information content (AvgIpc) is 3.12. The Labute approximate surface area is 180 Å². The first-order valence-corrected chi connectivity index (χ1v) is 10.2. The lowest BCUT2D eigenvalue weighted by Gasteiger charge is -2.36. The third kappa shape index (κ3) is 4.16. The molecule has 2 fully saturated rings. The predicted molar refractivity (Wildman–Crippen MR) is 114 cm³/mol. The molecule has 4 rings (SSSR count). The van der Waals surface area contributed by atoms with Crippen LogP contribution < -0.4 is 20.3 Å². The summed E-state index contributed by atoms with van der Waals surface area (Å²) in [4.78, 5) is 45.4. The highest BCUT2D eigenvalue weighted by molar-refractivity contribution is 6.07. The second kappa shape index (κ2) is 8.63. The molecular formula is C22H25N5O4. The second-order valence-electron chi connectivity index (χ2n) is 7.62. The van der Waals surface area contributed by atoms with Crippen molar-refractivity contribution in [1.82, 2.24) is 20.5 Å². The van der Waals surface area contributed by atoms with Crippen LogP contribution in [0.15, 0.2) is 48.8 Å². The summed E-state index contributed by atoms with van der Waals surface area (Å²) in [5.41, 5.74) is 0.352.